The van der Waals surface area contributed by atoms with E-state index in [1.807, 2.05) is 34.7 Å². The number of nitrogens with zero attached hydrogens (tertiary/aromatic N) is 4. The highest BCUT2D eigenvalue weighted by molar-refractivity contribution is 7.13. The van der Waals surface area contributed by atoms with E-state index >= 15 is 0 Å². The average Bonchev–Trinajstić information content (AvgIpc) is 3.15. The first-order chi connectivity index (χ1) is 12.3. The van der Waals surface area contributed by atoms with Crippen molar-refractivity contribution in [3.63, 3.8) is 0 Å². The number of rotatable bonds is 3. The molecule has 4 rings (SSSR count). The number of carbonyl (C=O) groups excluding carboxylic acids is 1. The summed E-state index contributed by atoms with van der Waals surface area (Å²) in [7, 11) is 0. The number of hydrogen-bond acceptors (Lipinski definition) is 5. The number of amides is 2. The van der Waals surface area contributed by atoms with E-state index in [4.69, 9.17) is 0 Å². The van der Waals surface area contributed by atoms with Crippen LogP contribution in [0, 0.1) is 0 Å². The Morgan fingerprint density at radius 1 is 1.16 bits per heavy atom. The molecule has 1 aliphatic rings. The number of pyridine rings is 1. The number of hydrogen-bond donors (Lipinski definition) is 1. The lowest BCUT2D eigenvalue weighted by molar-refractivity contribution is 0.143. The number of carbonyl (C=O) groups is 1. The lowest BCUT2D eigenvalue weighted by Crippen LogP contribution is -2.49. The molecule has 2 aromatic heterocycles. The van der Waals surface area contributed by atoms with Crippen molar-refractivity contribution in [3.05, 3.63) is 53.7 Å². The van der Waals surface area contributed by atoms with Crippen LogP contribution < -0.4 is 5.32 Å². The van der Waals surface area contributed by atoms with Gasteiger partial charge < -0.3 is 4.90 Å². The van der Waals surface area contributed by atoms with Gasteiger partial charge in [0.25, 0.3) is 0 Å². The van der Waals surface area contributed by atoms with Crippen LogP contribution in [0.1, 0.15) is 5.56 Å². The molecule has 0 aliphatic carbocycles. The summed E-state index contributed by atoms with van der Waals surface area (Å²) in [6, 6.07) is 10.3. The first-order valence-corrected chi connectivity index (χ1v) is 9.17. The van der Waals surface area contributed by atoms with Crippen molar-refractivity contribution >= 4 is 33.4 Å². The summed E-state index contributed by atoms with van der Waals surface area (Å²) in [6.07, 6.45) is 3.64. The molecule has 1 N–H and O–H groups in total. The Morgan fingerprint density at radius 2 is 2.00 bits per heavy atom. The molecule has 1 saturated heterocycles. The van der Waals surface area contributed by atoms with Crippen LogP contribution in [0.25, 0.3) is 10.9 Å². The maximum atomic E-state index is 12.2. The second kappa shape index (κ2) is 7.16. The highest BCUT2D eigenvalue weighted by Crippen LogP contribution is 2.16. The summed E-state index contributed by atoms with van der Waals surface area (Å²) < 4.78 is 0. The predicted octanol–water partition coefficient (Wildman–Crippen LogP) is 3.04. The fourth-order valence-corrected chi connectivity index (χ4v) is 3.54. The number of piperazine rings is 1. The van der Waals surface area contributed by atoms with E-state index in [0.29, 0.717) is 5.13 Å². The molecule has 1 fully saturated rings. The van der Waals surface area contributed by atoms with Crippen molar-refractivity contribution in [1.29, 1.82) is 0 Å². The van der Waals surface area contributed by atoms with E-state index in [1.54, 1.807) is 6.20 Å². The molecule has 0 spiro atoms. The number of benzene rings is 1. The van der Waals surface area contributed by atoms with Gasteiger partial charge in [-0.2, -0.15) is 0 Å². The van der Waals surface area contributed by atoms with Gasteiger partial charge in [0.05, 0.1) is 5.52 Å². The average molecular weight is 353 g/mol. The minimum absolute atomic E-state index is 0.0676. The van der Waals surface area contributed by atoms with Gasteiger partial charge in [-0.3, -0.25) is 15.2 Å². The Kier molecular flexibility index (Phi) is 4.58. The molecule has 0 saturated carbocycles. The van der Waals surface area contributed by atoms with Gasteiger partial charge in [-0.05, 0) is 17.7 Å². The molecular formula is C18H19N5OS. The number of fused-ring (bicyclic) bond motifs is 1. The number of anilines is 1. The predicted molar refractivity (Wildman–Crippen MR) is 99.7 cm³/mol. The van der Waals surface area contributed by atoms with Gasteiger partial charge in [-0.1, -0.05) is 18.2 Å². The summed E-state index contributed by atoms with van der Waals surface area (Å²) >= 11 is 1.43. The summed E-state index contributed by atoms with van der Waals surface area (Å²) in [5.41, 5.74) is 2.23. The van der Waals surface area contributed by atoms with Gasteiger partial charge in [0.1, 0.15) is 0 Å². The van der Waals surface area contributed by atoms with Crippen LogP contribution in [0.5, 0.6) is 0 Å². The molecule has 0 atom stereocenters. The van der Waals surface area contributed by atoms with Crippen LogP contribution in [0.15, 0.2) is 48.1 Å². The van der Waals surface area contributed by atoms with Crippen molar-refractivity contribution in [2.45, 2.75) is 6.54 Å². The van der Waals surface area contributed by atoms with Crippen molar-refractivity contribution in [2.24, 2.45) is 0 Å². The fourth-order valence-electron chi connectivity index (χ4n) is 3.03. The monoisotopic (exact) mass is 353 g/mol. The Morgan fingerprint density at radius 3 is 2.80 bits per heavy atom. The molecule has 6 nitrogen and oxygen atoms in total. The molecule has 128 valence electrons. The Balaban J connectivity index is 1.32. The molecule has 0 radical (unpaired) electrons. The minimum atomic E-state index is -0.0676. The number of urea groups is 1. The Bertz CT molecular complexity index is 859. The molecule has 1 aromatic carbocycles. The molecule has 25 heavy (non-hydrogen) atoms. The maximum Gasteiger partial charge on any atom is 0.323 e. The van der Waals surface area contributed by atoms with Crippen LogP contribution in [0.4, 0.5) is 9.93 Å². The number of thiazole rings is 1. The van der Waals surface area contributed by atoms with E-state index in [1.165, 1.54) is 22.3 Å². The lowest BCUT2D eigenvalue weighted by atomic mass is 10.1. The van der Waals surface area contributed by atoms with Gasteiger partial charge in [-0.15, -0.1) is 11.3 Å². The van der Waals surface area contributed by atoms with E-state index < -0.39 is 0 Å². The quantitative estimate of drug-likeness (QED) is 0.786. The fraction of sp³-hybridized carbons (Fsp3) is 0.278. The minimum Gasteiger partial charge on any atom is -0.322 e. The van der Waals surface area contributed by atoms with Gasteiger partial charge in [0, 0.05) is 55.9 Å². The SMILES string of the molecule is O=C(Nc1nccs1)N1CCN(Cc2cnc3ccccc3c2)CC1. The summed E-state index contributed by atoms with van der Waals surface area (Å²) in [4.78, 5) is 25.0. The third-order valence-electron chi connectivity index (χ3n) is 4.36. The second-order valence-corrected chi connectivity index (χ2v) is 6.96. The van der Waals surface area contributed by atoms with E-state index in [2.05, 4.69) is 32.3 Å². The number of nitrogens with one attached hydrogen (secondary N) is 1. The van der Waals surface area contributed by atoms with Crippen LogP contribution in [-0.2, 0) is 6.54 Å². The highest BCUT2D eigenvalue weighted by atomic mass is 32.1. The molecule has 7 heteroatoms. The number of aromatic nitrogens is 2. The van der Waals surface area contributed by atoms with E-state index in [9.17, 15) is 4.79 Å². The lowest BCUT2D eigenvalue weighted by Gasteiger charge is -2.34. The van der Waals surface area contributed by atoms with Gasteiger partial charge in [-0.25, -0.2) is 9.78 Å². The van der Waals surface area contributed by atoms with E-state index in [0.717, 1.165) is 38.2 Å². The van der Waals surface area contributed by atoms with Crippen molar-refractivity contribution in [2.75, 3.05) is 31.5 Å². The summed E-state index contributed by atoms with van der Waals surface area (Å²) in [5, 5.41) is 6.51. The zero-order valence-corrected chi connectivity index (χ0v) is 14.6. The van der Waals surface area contributed by atoms with Crippen LogP contribution >= 0.6 is 11.3 Å². The molecule has 3 heterocycles. The molecule has 0 unspecified atom stereocenters. The van der Waals surface area contributed by atoms with Crippen molar-refractivity contribution in [1.82, 2.24) is 19.8 Å². The standard InChI is InChI=1S/C18H19N5OS/c24-18(21-17-19-5-10-25-17)23-8-6-22(7-9-23)13-14-11-15-3-1-2-4-16(15)20-12-14/h1-5,10-12H,6-9,13H2,(H,19,21,24). The first kappa shape index (κ1) is 16.0. The topological polar surface area (TPSA) is 61.4 Å². The summed E-state index contributed by atoms with van der Waals surface area (Å²) in [5.74, 6) is 0. The zero-order chi connectivity index (χ0) is 17.1. The van der Waals surface area contributed by atoms with Crippen LogP contribution in [0.2, 0.25) is 0 Å². The van der Waals surface area contributed by atoms with E-state index in [-0.39, 0.29) is 6.03 Å². The van der Waals surface area contributed by atoms with Gasteiger partial charge >= 0.3 is 6.03 Å². The van der Waals surface area contributed by atoms with Gasteiger partial charge in [0.15, 0.2) is 5.13 Å². The maximum absolute atomic E-state index is 12.2. The third kappa shape index (κ3) is 3.78. The largest absolute Gasteiger partial charge is 0.323 e. The Hall–Kier alpha value is -2.51. The Labute approximate surface area is 150 Å². The van der Waals surface area contributed by atoms with Gasteiger partial charge in [0.2, 0.25) is 0 Å². The molecular weight excluding hydrogens is 334 g/mol. The molecule has 0 bridgehead atoms. The normalized spacial score (nSPS) is 15.4. The zero-order valence-electron chi connectivity index (χ0n) is 13.8. The molecule has 2 amide bonds. The smallest absolute Gasteiger partial charge is 0.322 e. The third-order valence-corrected chi connectivity index (χ3v) is 5.05. The number of para-hydroxylation sites is 1. The summed E-state index contributed by atoms with van der Waals surface area (Å²) in [6.45, 7) is 4.02. The van der Waals surface area contributed by atoms with Crippen molar-refractivity contribution in [3.8, 4) is 0 Å². The second-order valence-electron chi connectivity index (χ2n) is 6.07. The first-order valence-electron chi connectivity index (χ1n) is 8.29. The van der Waals surface area contributed by atoms with Crippen LogP contribution in [-0.4, -0.2) is 52.0 Å². The highest BCUT2D eigenvalue weighted by Gasteiger charge is 2.21. The van der Waals surface area contributed by atoms with Crippen molar-refractivity contribution < 1.29 is 4.79 Å². The van der Waals surface area contributed by atoms with Crippen LogP contribution in [0.3, 0.4) is 0 Å². The molecule has 3 aromatic rings. The molecule has 1 aliphatic heterocycles.